The summed E-state index contributed by atoms with van der Waals surface area (Å²) in [5.41, 5.74) is 0. The molecule has 0 aliphatic carbocycles. The minimum Gasteiger partial charge on any atom is -0.548 e. The van der Waals surface area contributed by atoms with E-state index in [0.29, 0.717) is 0 Å². The van der Waals surface area contributed by atoms with Crippen LogP contribution in [-0.4, -0.2) is 18.6 Å². The van der Waals surface area contributed by atoms with Crippen LogP contribution in [0.2, 0.25) is 0 Å². The maximum absolute atomic E-state index is 10.2. The van der Waals surface area contributed by atoms with Gasteiger partial charge in [0.2, 0.25) is 0 Å². The molecule has 52 valence electrons. The SMILES string of the molecule is O=C([O-])C1CCCCN1.[K+]. The molecule has 0 amide bonds. The van der Waals surface area contributed by atoms with Gasteiger partial charge in [0.15, 0.2) is 0 Å². The van der Waals surface area contributed by atoms with Crippen LogP contribution in [-0.2, 0) is 4.79 Å². The van der Waals surface area contributed by atoms with E-state index in [1.54, 1.807) is 0 Å². The Balaban J connectivity index is 0.000000810. The summed E-state index contributed by atoms with van der Waals surface area (Å²) in [7, 11) is 0. The van der Waals surface area contributed by atoms with E-state index in [2.05, 4.69) is 5.32 Å². The van der Waals surface area contributed by atoms with Gasteiger partial charge in [0, 0.05) is 6.04 Å². The summed E-state index contributed by atoms with van der Waals surface area (Å²) in [6, 6.07) is -0.390. The van der Waals surface area contributed by atoms with E-state index < -0.39 is 12.0 Å². The number of nitrogens with one attached hydrogen (secondary N) is 1. The van der Waals surface area contributed by atoms with E-state index in [9.17, 15) is 9.90 Å². The zero-order valence-corrected chi connectivity index (χ0v) is 9.35. The van der Waals surface area contributed by atoms with Crippen molar-refractivity contribution >= 4 is 5.97 Å². The fraction of sp³-hybridized carbons (Fsp3) is 0.833. The Hall–Kier alpha value is 1.07. The molecule has 1 rings (SSSR count). The molecule has 1 aliphatic heterocycles. The third-order valence-corrected chi connectivity index (χ3v) is 1.59. The van der Waals surface area contributed by atoms with E-state index in [1.807, 2.05) is 0 Å². The summed E-state index contributed by atoms with van der Waals surface area (Å²) in [6.07, 6.45) is 2.82. The van der Waals surface area contributed by atoms with Crippen molar-refractivity contribution in [3.05, 3.63) is 0 Å². The minimum absolute atomic E-state index is 0. The third-order valence-electron chi connectivity index (χ3n) is 1.59. The molecule has 1 fully saturated rings. The quantitative estimate of drug-likeness (QED) is 0.404. The molecule has 3 nitrogen and oxygen atoms in total. The van der Waals surface area contributed by atoms with Crippen molar-refractivity contribution < 1.29 is 61.3 Å². The summed E-state index contributed by atoms with van der Waals surface area (Å²) in [6.45, 7) is 0.818. The van der Waals surface area contributed by atoms with Crippen LogP contribution in [0.3, 0.4) is 0 Å². The number of hydrogen-bond acceptors (Lipinski definition) is 3. The van der Waals surface area contributed by atoms with Crippen LogP contribution in [0.1, 0.15) is 19.3 Å². The maximum Gasteiger partial charge on any atom is 1.00 e. The molecule has 0 bridgehead atoms. The van der Waals surface area contributed by atoms with Crippen LogP contribution in [0.25, 0.3) is 0 Å². The van der Waals surface area contributed by atoms with Gasteiger partial charge in [-0.25, -0.2) is 0 Å². The normalized spacial score (nSPS) is 25.0. The van der Waals surface area contributed by atoms with Crippen LogP contribution in [0.5, 0.6) is 0 Å². The van der Waals surface area contributed by atoms with Crippen LogP contribution in [0.15, 0.2) is 0 Å². The predicted octanol–water partition coefficient (Wildman–Crippen LogP) is -4.12. The molecule has 0 aromatic heterocycles. The van der Waals surface area contributed by atoms with E-state index >= 15 is 0 Å². The van der Waals surface area contributed by atoms with E-state index in [4.69, 9.17) is 0 Å². The molecule has 1 unspecified atom stereocenters. The van der Waals surface area contributed by atoms with Gasteiger partial charge < -0.3 is 15.2 Å². The standard InChI is InChI=1S/C6H11NO2.K/c8-6(9)5-3-1-2-4-7-5;/h5,7H,1-4H2,(H,8,9);/q;+1/p-1. The number of hydrogen-bond donors (Lipinski definition) is 1. The number of carbonyl (C=O) groups is 1. The molecule has 1 aliphatic rings. The Morgan fingerprint density at radius 1 is 1.50 bits per heavy atom. The van der Waals surface area contributed by atoms with Crippen molar-refractivity contribution in [2.75, 3.05) is 6.54 Å². The number of carboxylic acid groups (broad SMARTS) is 1. The molecule has 1 atom stereocenters. The molecule has 0 aromatic rings. The molecular weight excluding hydrogens is 157 g/mol. The van der Waals surface area contributed by atoms with Gasteiger partial charge in [-0.3, -0.25) is 0 Å². The van der Waals surface area contributed by atoms with Gasteiger partial charge in [-0.1, -0.05) is 6.42 Å². The molecule has 10 heavy (non-hydrogen) atoms. The first-order valence-corrected chi connectivity index (χ1v) is 3.25. The molecule has 1 heterocycles. The zero-order chi connectivity index (χ0) is 6.69. The first kappa shape index (κ1) is 11.1. The topological polar surface area (TPSA) is 52.2 Å². The Kier molecular flexibility index (Phi) is 6.29. The maximum atomic E-state index is 10.2. The van der Waals surface area contributed by atoms with Crippen LogP contribution < -0.4 is 61.8 Å². The second kappa shape index (κ2) is 5.68. The van der Waals surface area contributed by atoms with Gasteiger partial charge in [0.25, 0.3) is 0 Å². The molecule has 0 saturated carbocycles. The van der Waals surface area contributed by atoms with Gasteiger partial charge in [-0.2, -0.15) is 0 Å². The van der Waals surface area contributed by atoms with Crippen molar-refractivity contribution in [1.29, 1.82) is 0 Å². The molecule has 0 radical (unpaired) electrons. The zero-order valence-electron chi connectivity index (χ0n) is 6.22. The van der Waals surface area contributed by atoms with Crippen molar-refractivity contribution in [3.8, 4) is 0 Å². The number of piperidine rings is 1. The molecule has 1 N–H and O–H groups in total. The Bertz CT molecular complexity index is 112. The van der Waals surface area contributed by atoms with Crippen LogP contribution >= 0.6 is 0 Å². The number of carboxylic acids is 1. The van der Waals surface area contributed by atoms with Crippen molar-refractivity contribution in [2.24, 2.45) is 0 Å². The molecular formula is C6H10KNO2. The Labute approximate surface area is 103 Å². The Morgan fingerprint density at radius 3 is 2.50 bits per heavy atom. The molecule has 4 heteroatoms. The van der Waals surface area contributed by atoms with Gasteiger partial charge in [0.05, 0.1) is 5.97 Å². The monoisotopic (exact) mass is 167 g/mol. The van der Waals surface area contributed by atoms with Crippen molar-refractivity contribution in [1.82, 2.24) is 5.32 Å². The summed E-state index contributed by atoms with van der Waals surface area (Å²) >= 11 is 0. The van der Waals surface area contributed by atoms with Crippen molar-refractivity contribution in [3.63, 3.8) is 0 Å². The van der Waals surface area contributed by atoms with E-state index in [-0.39, 0.29) is 51.4 Å². The summed E-state index contributed by atoms with van der Waals surface area (Å²) < 4.78 is 0. The summed E-state index contributed by atoms with van der Waals surface area (Å²) in [4.78, 5) is 10.2. The van der Waals surface area contributed by atoms with Gasteiger partial charge in [-0.05, 0) is 19.4 Å². The van der Waals surface area contributed by atoms with Gasteiger partial charge in [-0.15, -0.1) is 0 Å². The first-order chi connectivity index (χ1) is 4.30. The van der Waals surface area contributed by atoms with Crippen LogP contribution in [0.4, 0.5) is 0 Å². The van der Waals surface area contributed by atoms with Crippen molar-refractivity contribution in [2.45, 2.75) is 25.3 Å². The number of carbonyl (C=O) groups excluding carboxylic acids is 1. The smallest absolute Gasteiger partial charge is 0.548 e. The second-order valence-electron chi connectivity index (χ2n) is 2.32. The average molecular weight is 167 g/mol. The largest absolute Gasteiger partial charge is 1.00 e. The third kappa shape index (κ3) is 3.46. The second-order valence-corrected chi connectivity index (χ2v) is 2.32. The van der Waals surface area contributed by atoms with Gasteiger partial charge >= 0.3 is 51.4 Å². The predicted molar refractivity (Wildman–Crippen MR) is 30.6 cm³/mol. The fourth-order valence-electron chi connectivity index (χ4n) is 1.05. The summed E-state index contributed by atoms with van der Waals surface area (Å²) in [5.74, 6) is -0.963. The van der Waals surface area contributed by atoms with E-state index in [1.165, 1.54) is 0 Å². The van der Waals surface area contributed by atoms with E-state index in [0.717, 1.165) is 25.8 Å². The molecule has 0 aromatic carbocycles. The first-order valence-electron chi connectivity index (χ1n) is 3.25. The molecule has 1 saturated heterocycles. The summed E-state index contributed by atoms with van der Waals surface area (Å²) in [5, 5.41) is 13.0. The average Bonchev–Trinajstić information content (AvgIpc) is 1.90. The number of aliphatic carboxylic acids is 1. The molecule has 0 spiro atoms. The Morgan fingerprint density at radius 2 is 2.20 bits per heavy atom. The van der Waals surface area contributed by atoms with Crippen LogP contribution in [0, 0.1) is 0 Å². The number of rotatable bonds is 1. The van der Waals surface area contributed by atoms with Gasteiger partial charge in [0.1, 0.15) is 0 Å². The minimum atomic E-state index is -0.963. The fourth-order valence-corrected chi connectivity index (χ4v) is 1.05.